The lowest BCUT2D eigenvalue weighted by molar-refractivity contribution is 0.284. The summed E-state index contributed by atoms with van der Waals surface area (Å²) >= 11 is 4.86. The fraction of sp³-hybridized carbons (Fsp3) is 0.0714. The summed E-state index contributed by atoms with van der Waals surface area (Å²) in [5.74, 6) is -2.05. The van der Waals surface area contributed by atoms with Crippen molar-refractivity contribution in [2.24, 2.45) is 5.73 Å². The van der Waals surface area contributed by atoms with Gasteiger partial charge in [0, 0.05) is 5.56 Å². The first kappa shape index (κ1) is 13.4. The predicted molar refractivity (Wildman–Crippen MR) is 73.0 cm³/mol. The predicted octanol–water partition coefficient (Wildman–Crippen LogP) is 3.18. The number of thiocarbonyl (C=S) groups is 1. The van der Waals surface area contributed by atoms with Gasteiger partial charge in [0.15, 0.2) is 11.6 Å². The molecular formula is C14H11F2NOS. The molecule has 5 heteroatoms. The zero-order valence-electron chi connectivity index (χ0n) is 9.90. The minimum atomic E-state index is -0.993. The Morgan fingerprint density at radius 1 is 1.16 bits per heavy atom. The molecule has 19 heavy (non-hydrogen) atoms. The van der Waals surface area contributed by atoms with Crippen molar-refractivity contribution in [1.82, 2.24) is 0 Å². The second-order valence-corrected chi connectivity index (χ2v) is 4.35. The van der Waals surface area contributed by atoms with E-state index < -0.39 is 11.6 Å². The van der Waals surface area contributed by atoms with Crippen molar-refractivity contribution < 1.29 is 13.5 Å². The third-order valence-corrected chi connectivity index (χ3v) is 2.76. The first-order valence-electron chi connectivity index (χ1n) is 5.53. The molecule has 0 unspecified atom stereocenters. The molecule has 0 aliphatic rings. The minimum Gasteiger partial charge on any atom is -0.486 e. The quantitative estimate of drug-likeness (QED) is 0.873. The Kier molecular flexibility index (Phi) is 4.06. The van der Waals surface area contributed by atoms with E-state index in [-0.39, 0.29) is 17.3 Å². The summed E-state index contributed by atoms with van der Waals surface area (Å²) in [5.41, 5.74) is 6.99. The number of hydrogen-bond donors (Lipinski definition) is 1. The van der Waals surface area contributed by atoms with Crippen LogP contribution in [0, 0.1) is 11.6 Å². The number of benzene rings is 2. The molecule has 0 atom stereocenters. The van der Waals surface area contributed by atoms with E-state index in [1.807, 2.05) is 0 Å². The number of halogens is 2. The Labute approximate surface area is 114 Å². The lowest BCUT2D eigenvalue weighted by Crippen LogP contribution is -2.10. The second kappa shape index (κ2) is 5.75. The van der Waals surface area contributed by atoms with Crippen LogP contribution in [-0.2, 0) is 6.61 Å². The molecular weight excluding hydrogens is 268 g/mol. The lowest BCUT2D eigenvalue weighted by Gasteiger charge is -2.08. The van der Waals surface area contributed by atoms with Gasteiger partial charge in [0.05, 0.1) is 0 Å². The van der Waals surface area contributed by atoms with Gasteiger partial charge in [0.2, 0.25) is 5.82 Å². The molecule has 2 rings (SSSR count). The van der Waals surface area contributed by atoms with Gasteiger partial charge in [-0.1, -0.05) is 36.5 Å². The van der Waals surface area contributed by atoms with Crippen LogP contribution < -0.4 is 10.5 Å². The van der Waals surface area contributed by atoms with Crippen LogP contribution in [0.15, 0.2) is 42.5 Å². The van der Waals surface area contributed by atoms with Crippen molar-refractivity contribution in [3.8, 4) is 5.75 Å². The summed E-state index contributed by atoms with van der Waals surface area (Å²) < 4.78 is 31.6. The van der Waals surface area contributed by atoms with Gasteiger partial charge in [0.25, 0.3) is 0 Å². The molecule has 2 aromatic rings. The van der Waals surface area contributed by atoms with Crippen LogP contribution in [0.4, 0.5) is 8.78 Å². The average molecular weight is 279 g/mol. The van der Waals surface area contributed by atoms with Crippen LogP contribution in [0.2, 0.25) is 0 Å². The maximum Gasteiger partial charge on any atom is 0.200 e. The first-order valence-corrected chi connectivity index (χ1v) is 5.94. The highest BCUT2D eigenvalue weighted by molar-refractivity contribution is 7.80. The van der Waals surface area contributed by atoms with Crippen LogP contribution in [-0.4, -0.2) is 4.99 Å². The number of nitrogens with two attached hydrogens (primary N) is 1. The van der Waals surface area contributed by atoms with E-state index >= 15 is 0 Å². The van der Waals surface area contributed by atoms with Gasteiger partial charge in [-0.25, -0.2) is 4.39 Å². The molecule has 0 spiro atoms. The van der Waals surface area contributed by atoms with E-state index in [2.05, 4.69) is 0 Å². The fourth-order valence-corrected chi connectivity index (χ4v) is 1.70. The van der Waals surface area contributed by atoms with Crippen LogP contribution >= 0.6 is 12.2 Å². The molecule has 0 saturated heterocycles. The van der Waals surface area contributed by atoms with Crippen LogP contribution in [0.1, 0.15) is 11.1 Å². The number of hydrogen-bond acceptors (Lipinski definition) is 2. The zero-order valence-corrected chi connectivity index (χ0v) is 10.7. The van der Waals surface area contributed by atoms with Gasteiger partial charge in [-0.15, -0.1) is 0 Å². The Hall–Kier alpha value is -2.01. The van der Waals surface area contributed by atoms with E-state index in [1.165, 1.54) is 12.1 Å². The Morgan fingerprint density at radius 3 is 2.63 bits per heavy atom. The van der Waals surface area contributed by atoms with Crippen molar-refractivity contribution >= 4 is 17.2 Å². The summed E-state index contributed by atoms with van der Waals surface area (Å²) in [5, 5.41) is 0. The summed E-state index contributed by atoms with van der Waals surface area (Å²) in [4.78, 5) is 0.277. The lowest BCUT2D eigenvalue weighted by atomic mass is 10.1. The Balaban J connectivity index is 2.12. The molecule has 0 aliphatic heterocycles. The first-order chi connectivity index (χ1) is 9.08. The highest BCUT2D eigenvalue weighted by Crippen LogP contribution is 2.20. The van der Waals surface area contributed by atoms with Gasteiger partial charge in [-0.05, 0) is 23.8 Å². The largest absolute Gasteiger partial charge is 0.486 e. The summed E-state index contributed by atoms with van der Waals surface area (Å²) in [6.07, 6.45) is 0. The third kappa shape index (κ3) is 3.26. The molecule has 0 bridgehead atoms. The summed E-state index contributed by atoms with van der Waals surface area (Å²) in [6, 6.07) is 10.9. The van der Waals surface area contributed by atoms with Gasteiger partial charge in [-0.3, -0.25) is 0 Å². The van der Waals surface area contributed by atoms with Crippen molar-refractivity contribution in [1.29, 1.82) is 0 Å². The minimum absolute atomic E-state index is 0.108. The number of ether oxygens (including phenoxy) is 1. The van der Waals surface area contributed by atoms with Gasteiger partial charge in [0.1, 0.15) is 11.6 Å². The van der Waals surface area contributed by atoms with Gasteiger partial charge >= 0.3 is 0 Å². The molecule has 2 aromatic carbocycles. The summed E-state index contributed by atoms with van der Waals surface area (Å²) in [6.45, 7) is 0.108. The molecule has 0 aromatic heterocycles. The van der Waals surface area contributed by atoms with Gasteiger partial charge < -0.3 is 10.5 Å². The van der Waals surface area contributed by atoms with E-state index in [0.29, 0.717) is 5.56 Å². The molecule has 98 valence electrons. The topological polar surface area (TPSA) is 35.2 Å². The Morgan fingerprint density at radius 2 is 1.89 bits per heavy atom. The van der Waals surface area contributed by atoms with E-state index in [1.54, 1.807) is 24.3 Å². The average Bonchev–Trinajstić information content (AvgIpc) is 2.41. The molecule has 0 fully saturated rings. The maximum absolute atomic E-state index is 13.4. The van der Waals surface area contributed by atoms with E-state index in [4.69, 9.17) is 22.7 Å². The van der Waals surface area contributed by atoms with Crippen LogP contribution in [0.3, 0.4) is 0 Å². The Bertz CT molecular complexity index is 616. The number of rotatable bonds is 4. The molecule has 0 saturated carbocycles. The van der Waals surface area contributed by atoms with Crippen molar-refractivity contribution in [3.63, 3.8) is 0 Å². The van der Waals surface area contributed by atoms with Gasteiger partial charge in [-0.2, -0.15) is 4.39 Å². The van der Waals surface area contributed by atoms with E-state index in [9.17, 15) is 8.78 Å². The highest BCUT2D eigenvalue weighted by atomic mass is 32.1. The van der Waals surface area contributed by atoms with Crippen molar-refractivity contribution in [3.05, 3.63) is 65.2 Å². The molecule has 0 radical (unpaired) electrons. The van der Waals surface area contributed by atoms with Crippen LogP contribution in [0.25, 0.3) is 0 Å². The second-order valence-electron chi connectivity index (χ2n) is 3.91. The van der Waals surface area contributed by atoms with Crippen molar-refractivity contribution in [2.45, 2.75) is 6.61 Å². The molecule has 0 heterocycles. The standard InChI is InChI=1S/C14H11F2NOS/c15-11-5-2-6-12(13(11)16)18-8-9-3-1-4-10(7-9)14(17)19/h1-7H,8H2,(H2,17,19). The zero-order chi connectivity index (χ0) is 13.8. The summed E-state index contributed by atoms with van der Waals surface area (Å²) in [7, 11) is 0. The smallest absolute Gasteiger partial charge is 0.200 e. The normalized spacial score (nSPS) is 10.2. The SMILES string of the molecule is NC(=S)c1cccc(COc2cccc(F)c2F)c1. The highest BCUT2D eigenvalue weighted by Gasteiger charge is 2.08. The van der Waals surface area contributed by atoms with E-state index in [0.717, 1.165) is 11.6 Å². The molecule has 2 N–H and O–H groups in total. The monoisotopic (exact) mass is 279 g/mol. The maximum atomic E-state index is 13.4. The molecule has 0 aliphatic carbocycles. The molecule has 2 nitrogen and oxygen atoms in total. The van der Waals surface area contributed by atoms with Crippen LogP contribution in [0.5, 0.6) is 5.75 Å². The fourth-order valence-electron chi connectivity index (χ4n) is 1.57. The third-order valence-electron chi connectivity index (χ3n) is 2.52. The molecule has 0 amide bonds. The van der Waals surface area contributed by atoms with Crippen molar-refractivity contribution in [2.75, 3.05) is 0 Å².